The van der Waals surface area contributed by atoms with Gasteiger partial charge in [-0.05, 0) is 42.8 Å². The van der Waals surface area contributed by atoms with E-state index in [0.717, 1.165) is 0 Å². The predicted molar refractivity (Wildman–Crippen MR) is 76.7 cm³/mol. The van der Waals surface area contributed by atoms with Crippen LogP contribution in [0.1, 0.15) is 18.2 Å². The number of ether oxygens (including phenoxy) is 1. The lowest BCUT2D eigenvalue weighted by Gasteiger charge is -2.09. The maximum atomic E-state index is 12.1. The maximum Gasteiger partial charge on any atom is 0.573 e. The van der Waals surface area contributed by atoms with Crippen LogP contribution in [0.15, 0.2) is 40.8 Å². The molecule has 1 atom stereocenters. The summed E-state index contributed by atoms with van der Waals surface area (Å²) in [4.78, 5) is 0. The Bertz CT molecular complexity index is 584. The zero-order valence-corrected chi connectivity index (χ0v) is 12.2. The van der Waals surface area contributed by atoms with Crippen LogP contribution in [0.25, 0.3) is 11.3 Å². The Morgan fingerprint density at radius 2 is 1.77 bits per heavy atom. The van der Waals surface area contributed by atoms with Crippen molar-refractivity contribution in [2.45, 2.75) is 18.8 Å². The minimum atomic E-state index is -4.71. The van der Waals surface area contributed by atoms with Gasteiger partial charge in [-0.15, -0.1) is 25.6 Å². The number of hydrogen-bond donors (Lipinski definition) is 2. The van der Waals surface area contributed by atoms with Crippen LogP contribution in [0.5, 0.6) is 5.75 Å². The zero-order chi connectivity index (χ0) is 15.5. The van der Waals surface area contributed by atoms with E-state index in [9.17, 15) is 13.2 Å². The molecule has 1 unspecified atom stereocenters. The number of aliphatic hydroxyl groups excluding tert-OH is 1. The van der Waals surface area contributed by atoms with E-state index >= 15 is 0 Å². The smallest absolute Gasteiger partial charge is 0.459 e. The van der Waals surface area contributed by atoms with E-state index in [1.165, 1.54) is 24.3 Å². The summed E-state index contributed by atoms with van der Waals surface area (Å²) in [5.74, 6) is 0.696. The van der Waals surface area contributed by atoms with E-state index in [1.807, 2.05) is 0 Å². The average molecular weight is 338 g/mol. The Kier molecular flexibility index (Phi) is 6.28. The monoisotopic (exact) mass is 337 g/mol. The Morgan fingerprint density at radius 3 is 2.32 bits per heavy atom. The summed E-state index contributed by atoms with van der Waals surface area (Å²) in [6.07, 6.45) is -4.35. The third kappa shape index (κ3) is 4.94. The lowest BCUT2D eigenvalue weighted by Crippen LogP contribution is -2.16. The fraction of sp³-hybridized carbons (Fsp3) is 0.286. The molecule has 0 spiro atoms. The van der Waals surface area contributed by atoms with Crippen LogP contribution >= 0.6 is 12.4 Å². The molecule has 0 saturated carbocycles. The number of alkyl halides is 3. The van der Waals surface area contributed by atoms with Gasteiger partial charge in [-0.25, -0.2) is 0 Å². The summed E-state index contributed by atoms with van der Waals surface area (Å²) >= 11 is 0. The number of halogens is 4. The molecule has 0 fully saturated rings. The van der Waals surface area contributed by atoms with Gasteiger partial charge < -0.3 is 20.0 Å². The number of hydrogen-bond acceptors (Lipinski definition) is 4. The second-order valence-electron chi connectivity index (χ2n) is 4.39. The summed E-state index contributed by atoms with van der Waals surface area (Å²) < 4.78 is 45.5. The molecule has 2 rings (SSSR count). The molecule has 0 amide bonds. The lowest BCUT2D eigenvalue weighted by atomic mass is 10.1. The van der Waals surface area contributed by atoms with E-state index in [-0.39, 0.29) is 24.8 Å². The van der Waals surface area contributed by atoms with Crippen LogP contribution in [0, 0.1) is 0 Å². The SMILES string of the molecule is Cl.NC(CCO)c1ccc(-c2ccc(OC(F)(F)F)cc2)o1. The van der Waals surface area contributed by atoms with Gasteiger partial charge >= 0.3 is 6.36 Å². The highest BCUT2D eigenvalue weighted by Crippen LogP contribution is 2.29. The Balaban J connectivity index is 0.00000242. The van der Waals surface area contributed by atoms with Crippen LogP contribution in [-0.2, 0) is 0 Å². The highest BCUT2D eigenvalue weighted by molar-refractivity contribution is 5.85. The molecule has 4 nitrogen and oxygen atoms in total. The molecule has 0 bridgehead atoms. The van der Waals surface area contributed by atoms with E-state index in [1.54, 1.807) is 12.1 Å². The molecule has 3 N–H and O–H groups in total. The zero-order valence-electron chi connectivity index (χ0n) is 11.3. The van der Waals surface area contributed by atoms with Crippen molar-refractivity contribution in [3.05, 3.63) is 42.2 Å². The molecule has 1 aromatic heterocycles. The van der Waals surface area contributed by atoms with Crippen molar-refractivity contribution in [3.8, 4) is 17.1 Å². The van der Waals surface area contributed by atoms with Gasteiger partial charge in [-0.1, -0.05) is 0 Å². The number of furan rings is 1. The standard InChI is InChI=1S/C14H14F3NO3.ClH/c15-14(16,17)21-10-3-1-9(2-4-10)12-5-6-13(20-12)11(18)7-8-19;/h1-6,11,19H,7-8,18H2;1H. The molecule has 1 heterocycles. The van der Waals surface area contributed by atoms with Gasteiger partial charge in [0.15, 0.2) is 0 Å². The van der Waals surface area contributed by atoms with Crippen molar-refractivity contribution in [2.24, 2.45) is 5.73 Å². The highest BCUT2D eigenvalue weighted by atomic mass is 35.5. The fourth-order valence-electron chi connectivity index (χ4n) is 1.81. The van der Waals surface area contributed by atoms with Gasteiger partial charge in [-0.2, -0.15) is 0 Å². The summed E-state index contributed by atoms with van der Waals surface area (Å²) in [6, 6.07) is 8.26. The van der Waals surface area contributed by atoms with Crippen molar-refractivity contribution in [3.63, 3.8) is 0 Å². The number of nitrogens with two attached hydrogens (primary N) is 1. The minimum absolute atomic E-state index is 0. The van der Waals surface area contributed by atoms with Gasteiger partial charge in [0, 0.05) is 12.2 Å². The molecule has 0 aliphatic rings. The lowest BCUT2D eigenvalue weighted by molar-refractivity contribution is -0.274. The first-order chi connectivity index (χ1) is 9.89. The molecule has 0 radical (unpaired) electrons. The summed E-state index contributed by atoms with van der Waals surface area (Å²) in [5, 5.41) is 8.82. The first-order valence-electron chi connectivity index (χ1n) is 6.21. The Labute approximate surface area is 131 Å². The third-order valence-corrected chi connectivity index (χ3v) is 2.80. The largest absolute Gasteiger partial charge is 0.573 e. The van der Waals surface area contributed by atoms with Crippen molar-refractivity contribution >= 4 is 12.4 Å². The summed E-state index contributed by atoms with van der Waals surface area (Å²) in [6.45, 7) is -0.0549. The Morgan fingerprint density at radius 1 is 1.14 bits per heavy atom. The van der Waals surface area contributed by atoms with Crippen molar-refractivity contribution < 1.29 is 27.4 Å². The number of aliphatic hydroxyl groups is 1. The molecule has 2 aromatic rings. The van der Waals surface area contributed by atoms with E-state index in [2.05, 4.69) is 4.74 Å². The molecule has 1 aromatic carbocycles. The molecule has 122 valence electrons. The molecule has 0 aliphatic carbocycles. The van der Waals surface area contributed by atoms with E-state index in [0.29, 0.717) is 23.5 Å². The quantitative estimate of drug-likeness (QED) is 0.874. The first kappa shape index (κ1) is 18.3. The van der Waals surface area contributed by atoms with Gasteiger partial charge in [0.1, 0.15) is 17.3 Å². The number of rotatable bonds is 5. The van der Waals surface area contributed by atoms with E-state index in [4.69, 9.17) is 15.3 Å². The third-order valence-electron chi connectivity index (χ3n) is 2.80. The second kappa shape index (κ2) is 7.53. The highest BCUT2D eigenvalue weighted by Gasteiger charge is 2.31. The van der Waals surface area contributed by atoms with Crippen LogP contribution in [0.4, 0.5) is 13.2 Å². The van der Waals surface area contributed by atoms with Crippen molar-refractivity contribution in [1.29, 1.82) is 0 Å². The average Bonchev–Trinajstić information content (AvgIpc) is 2.87. The van der Waals surface area contributed by atoms with Gasteiger partial charge in [-0.3, -0.25) is 0 Å². The molecule has 0 saturated heterocycles. The molecule has 22 heavy (non-hydrogen) atoms. The van der Waals surface area contributed by atoms with Crippen LogP contribution in [-0.4, -0.2) is 18.1 Å². The molecular formula is C14H15ClF3NO3. The van der Waals surface area contributed by atoms with E-state index < -0.39 is 12.4 Å². The van der Waals surface area contributed by atoms with Gasteiger partial charge in [0.25, 0.3) is 0 Å². The van der Waals surface area contributed by atoms with Gasteiger partial charge in [0.2, 0.25) is 0 Å². The van der Waals surface area contributed by atoms with Crippen LogP contribution < -0.4 is 10.5 Å². The minimum Gasteiger partial charge on any atom is -0.459 e. The normalized spacial score (nSPS) is 12.6. The predicted octanol–water partition coefficient (Wildman–Crippen LogP) is 3.65. The second-order valence-corrected chi connectivity index (χ2v) is 4.39. The number of benzene rings is 1. The molecule has 8 heteroatoms. The molecular weight excluding hydrogens is 323 g/mol. The summed E-state index contributed by atoms with van der Waals surface area (Å²) in [7, 11) is 0. The maximum absolute atomic E-state index is 12.1. The van der Waals surface area contributed by atoms with Crippen LogP contribution in [0.3, 0.4) is 0 Å². The Hall–Kier alpha value is -1.70. The summed E-state index contributed by atoms with van der Waals surface area (Å²) in [5.41, 5.74) is 6.40. The molecule has 0 aliphatic heterocycles. The topological polar surface area (TPSA) is 68.6 Å². The van der Waals surface area contributed by atoms with Crippen molar-refractivity contribution in [1.82, 2.24) is 0 Å². The van der Waals surface area contributed by atoms with Gasteiger partial charge in [0.05, 0.1) is 6.04 Å². The fourth-order valence-corrected chi connectivity index (χ4v) is 1.81. The van der Waals surface area contributed by atoms with Crippen LogP contribution in [0.2, 0.25) is 0 Å². The first-order valence-corrected chi connectivity index (χ1v) is 6.21. The van der Waals surface area contributed by atoms with Crippen molar-refractivity contribution in [2.75, 3.05) is 6.61 Å².